The van der Waals surface area contributed by atoms with Crippen molar-refractivity contribution in [1.29, 1.82) is 0 Å². The van der Waals surface area contributed by atoms with Crippen LogP contribution in [0.25, 0.3) is 0 Å². The predicted molar refractivity (Wildman–Crippen MR) is 89.7 cm³/mol. The minimum absolute atomic E-state index is 0.161. The largest absolute Gasteiger partial charge is 0.447 e. The summed E-state index contributed by atoms with van der Waals surface area (Å²) in [7, 11) is 0. The maximum Gasteiger partial charge on any atom is 0.414 e. The number of amides is 3. The van der Waals surface area contributed by atoms with Crippen molar-refractivity contribution in [2.75, 3.05) is 42.3 Å². The number of ether oxygens (including phenoxy) is 2. The Kier molecular flexibility index (Phi) is 4.79. The molecule has 8 nitrogen and oxygen atoms in total. The third kappa shape index (κ3) is 3.40. The van der Waals surface area contributed by atoms with Gasteiger partial charge in [0.25, 0.3) is 5.24 Å². The average molecular weight is 351 g/mol. The monoisotopic (exact) mass is 351 g/mol. The molecule has 3 amide bonds. The fourth-order valence-electron chi connectivity index (χ4n) is 2.55. The van der Waals surface area contributed by atoms with Crippen LogP contribution in [-0.4, -0.2) is 56.0 Å². The maximum absolute atomic E-state index is 12.0. The summed E-state index contributed by atoms with van der Waals surface area (Å²) in [6.45, 7) is 1.53. The number of nitrogens with zero attached hydrogens (tertiary/aromatic N) is 2. The Morgan fingerprint density at radius 2 is 1.88 bits per heavy atom. The normalized spacial score (nSPS) is 20.1. The lowest BCUT2D eigenvalue weighted by atomic mass is 10.2. The number of hydrogen-bond acceptors (Lipinski definition) is 6. The van der Waals surface area contributed by atoms with Crippen LogP contribution in [0.4, 0.5) is 25.8 Å². The third-order valence-corrected chi connectivity index (χ3v) is 4.28. The highest BCUT2D eigenvalue weighted by Crippen LogP contribution is 2.26. The molecule has 0 bridgehead atoms. The summed E-state index contributed by atoms with van der Waals surface area (Å²) in [5.41, 5.74) is 1.40. The molecule has 2 heterocycles. The van der Waals surface area contributed by atoms with Gasteiger partial charge < -0.3 is 14.8 Å². The van der Waals surface area contributed by atoms with E-state index in [1.807, 2.05) is 0 Å². The van der Waals surface area contributed by atoms with E-state index in [4.69, 9.17) is 9.47 Å². The molecule has 2 saturated heterocycles. The zero-order chi connectivity index (χ0) is 17.1. The average Bonchev–Trinajstić information content (AvgIpc) is 3.18. The summed E-state index contributed by atoms with van der Waals surface area (Å²) < 4.78 is 10.2. The van der Waals surface area contributed by atoms with Crippen LogP contribution >= 0.6 is 11.8 Å². The topological polar surface area (TPSA) is 88.2 Å². The summed E-state index contributed by atoms with van der Waals surface area (Å²) in [6.07, 6.45) is 0.474. The predicted octanol–water partition coefficient (Wildman–Crippen LogP) is 2.04. The first-order valence-electron chi connectivity index (χ1n) is 7.43. The van der Waals surface area contributed by atoms with E-state index in [0.29, 0.717) is 25.4 Å². The van der Waals surface area contributed by atoms with Gasteiger partial charge >= 0.3 is 12.2 Å². The minimum Gasteiger partial charge on any atom is -0.447 e. The molecule has 0 saturated carbocycles. The number of anilines is 2. The van der Waals surface area contributed by atoms with Gasteiger partial charge in [0, 0.05) is 11.4 Å². The van der Waals surface area contributed by atoms with E-state index >= 15 is 0 Å². The van der Waals surface area contributed by atoms with Gasteiger partial charge in [-0.1, -0.05) is 11.8 Å². The highest BCUT2D eigenvalue weighted by atomic mass is 32.2. The Morgan fingerprint density at radius 3 is 2.46 bits per heavy atom. The van der Waals surface area contributed by atoms with E-state index < -0.39 is 6.09 Å². The van der Waals surface area contributed by atoms with Crippen molar-refractivity contribution in [3.63, 3.8) is 0 Å². The molecule has 3 rings (SSSR count). The molecular formula is C15H17N3O5S. The van der Waals surface area contributed by atoms with E-state index in [1.165, 1.54) is 9.80 Å². The number of carbonyl (C=O) groups is 3. The smallest absolute Gasteiger partial charge is 0.414 e. The Labute approximate surface area is 143 Å². The van der Waals surface area contributed by atoms with Crippen LogP contribution < -0.4 is 15.1 Å². The van der Waals surface area contributed by atoms with E-state index in [2.05, 4.69) is 5.32 Å². The second-order valence-corrected chi connectivity index (χ2v) is 6.05. The first kappa shape index (κ1) is 16.4. The fraction of sp³-hybridized carbons (Fsp3) is 0.400. The molecule has 9 heteroatoms. The molecule has 1 aromatic rings. The van der Waals surface area contributed by atoms with E-state index in [-0.39, 0.29) is 24.0 Å². The lowest BCUT2D eigenvalue weighted by Gasteiger charge is -2.16. The lowest BCUT2D eigenvalue weighted by molar-refractivity contribution is 0.141. The third-order valence-electron chi connectivity index (χ3n) is 3.77. The number of thioether (sulfide) groups is 1. The van der Waals surface area contributed by atoms with Gasteiger partial charge in [-0.3, -0.25) is 14.6 Å². The molecule has 0 aromatic heterocycles. The zero-order valence-corrected chi connectivity index (χ0v) is 13.9. The second kappa shape index (κ2) is 7.00. The van der Waals surface area contributed by atoms with Crippen molar-refractivity contribution in [2.24, 2.45) is 0 Å². The van der Waals surface area contributed by atoms with E-state index in [9.17, 15) is 14.4 Å². The highest BCUT2D eigenvalue weighted by Gasteiger charge is 2.32. The molecule has 2 aliphatic heterocycles. The van der Waals surface area contributed by atoms with Crippen molar-refractivity contribution >= 4 is 40.6 Å². The molecule has 128 valence electrons. The number of cyclic esters (lactones) is 2. The molecular weight excluding hydrogens is 334 g/mol. The van der Waals surface area contributed by atoms with Crippen molar-refractivity contribution in [1.82, 2.24) is 5.32 Å². The first-order valence-corrected chi connectivity index (χ1v) is 8.65. The summed E-state index contributed by atoms with van der Waals surface area (Å²) in [5.74, 6) is 0. The quantitative estimate of drug-likeness (QED) is 0.893. The molecule has 1 unspecified atom stereocenters. The molecule has 1 atom stereocenters. The maximum atomic E-state index is 12.0. The molecule has 0 aliphatic carbocycles. The van der Waals surface area contributed by atoms with Gasteiger partial charge in [-0.2, -0.15) is 0 Å². The lowest BCUT2D eigenvalue weighted by Crippen LogP contribution is -2.32. The van der Waals surface area contributed by atoms with Crippen molar-refractivity contribution in [3.05, 3.63) is 24.3 Å². The minimum atomic E-state index is -0.452. The molecule has 0 radical (unpaired) electrons. The molecule has 0 spiro atoms. The number of nitrogens with one attached hydrogen (secondary N) is 1. The van der Waals surface area contributed by atoms with E-state index in [1.54, 1.807) is 30.5 Å². The first-order chi connectivity index (χ1) is 11.6. The van der Waals surface area contributed by atoms with Crippen LogP contribution in [0, 0.1) is 0 Å². The SMILES string of the molecule is CSC(=O)NCC1CN(c2ccc(N3CCOC3=O)cc2)C(=O)O1. The summed E-state index contributed by atoms with van der Waals surface area (Å²) in [5, 5.41) is 2.52. The Hall–Kier alpha value is -2.42. The Morgan fingerprint density at radius 1 is 1.21 bits per heavy atom. The van der Waals surface area contributed by atoms with Gasteiger partial charge in [0.2, 0.25) is 0 Å². The van der Waals surface area contributed by atoms with Crippen LogP contribution in [0.1, 0.15) is 0 Å². The Balaban J connectivity index is 1.63. The van der Waals surface area contributed by atoms with Gasteiger partial charge in [0.05, 0.1) is 19.6 Å². The standard InChI is InChI=1S/C15H17N3O5S/c1-24-13(19)16-8-12-9-18(15(21)23-12)11-4-2-10(3-5-11)17-6-7-22-14(17)20/h2-5,12H,6-9H2,1H3,(H,16,19). The Bertz CT molecular complexity index is 651. The summed E-state index contributed by atoms with van der Waals surface area (Å²) in [4.78, 5) is 37.8. The van der Waals surface area contributed by atoms with Crippen LogP contribution in [0.15, 0.2) is 24.3 Å². The summed E-state index contributed by atoms with van der Waals surface area (Å²) in [6, 6.07) is 7.03. The second-order valence-electron chi connectivity index (χ2n) is 5.27. The van der Waals surface area contributed by atoms with Crippen LogP contribution in [0.3, 0.4) is 0 Å². The van der Waals surface area contributed by atoms with Gasteiger partial charge in [-0.15, -0.1) is 0 Å². The fourth-order valence-corrected chi connectivity index (χ4v) is 2.78. The zero-order valence-electron chi connectivity index (χ0n) is 13.1. The molecule has 1 N–H and O–H groups in total. The van der Waals surface area contributed by atoms with Crippen LogP contribution in [-0.2, 0) is 9.47 Å². The molecule has 1 aromatic carbocycles. The number of benzene rings is 1. The van der Waals surface area contributed by atoms with Gasteiger partial charge in [-0.25, -0.2) is 9.59 Å². The van der Waals surface area contributed by atoms with Crippen LogP contribution in [0.2, 0.25) is 0 Å². The van der Waals surface area contributed by atoms with Gasteiger partial charge in [0.15, 0.2) is 0 Å². The molecule has 2 aliphatic rings. The number of hydrogen-bond donors (Lipinski definition) is 1. The number of rotatable bonds is 4. The highest BCUT2D eigenvalue weighted by molar-refractivity contribution is 8.12. The summed E-state index contributed by atoms with van der Waals surface area (Å²) >= 11 is 1.07. The molecule has 24 heavy (non-hydrogen) atoms. The van der Waals surface area contributed by atoms with Gasteiger partial charge in [-0.05, 0) is 30.5 Å². The van der Waals surface area contributed by atoms with Crippen LogP contribution in [0.5, 0.6) is 0 Å². The molecule has 2 fully saturated rings. The van der Waals surface area contributed by atoms with E-state index in [0.717, 1.165) is 17.4 Å². The van der Waals surface area contributed by atoms with Crippen molar-refractivity contribution < 1.29 is 23.9 Å². The van der Waals surface area contributed by atoms with Crippen molar-refractivity contribution in [2.45, 2.75) is 6.10 Å². The van der Waals surface area contributed by atoms with Gasteiger partial charge in [0.1, 0.15) is 12.7 Å². The number of carbonyl (C=O) groups excluding carboxylic acids is 3. The van der Waals surface area contributed by atoms with Crippen molar-refractivity contribution in [3.8, 4) is 0 Å².